The number of para-hydroxylation sites is 2. The van der Waals surface area contributed by atoms with Gasteiger partial charge < -0.3 is 4.57 Å². The lowest BCUT2D eigenvalue weighted by atomic mass is 10.2. The van der Waals surface area contributed by atoms with E-state index < -0.39 is 0 Å². The molecule has 1 nitrogen and oxygen atoms in total. The van der Waals surface area contributed by atoms with Gasteiger partial charge in [0.05, 0.1) is 11.0 Å². The normalized spacial score (nSPS) is 11.7. The summed E-state index contributed by atoms with van der Waals surface area (Å²) in [5.74, 6) is 0. The molecule has 0 atom stereocenters. The summed E-state index contributed by atoms with van der Waals surface area (Å²) >= 11 is 1.86. The fourth-order valence-corrected chi connectivity index (χ4v) is 4.58. The Labute approximate surface area is 138 Å². The molecule has 0 unspecified atom stereocenters. The molecule has 0 fully saturated rings. The van der Waals surface area contributed by atoms with Gasteiger partial charge in [0.2, 0.25) is 0 Å². The molecular formula is C21H15NS. The summed E-state index contributed by atoms with van der Waals surface area (Å²) in [4.78, 5) is 0. The summed E-state index contributed by atoms with van der Waals surface area (Å²) in [5, 5.41) is 5.23. The number of fused-ring (bicyclic) bond motifs is 4. The second-order valence-corrected chi connectivity index (χ2v) is 7.06. The van der Waals surface area contributed by atoms with Gasteiger partial charge in [0.25, 0.3) is 0 Å². The molecule has 0 saturated carbocycles. The molecule has 0 amide bonds. The summed E-state index contributed by atoms with van der Waals surface area (Å²) in [6.45, 7) is 2.15. The Morgan fingerprint density at radius 1 is 0.739 bits per heavy atom. The zero-order chi connectivity index (χ0) is 15.4. The molecule has 0 aliphatic rings. The lowest BCUT2D eigenvalue weighted by Crippen LogP contribution is -1.89. The van der Waals surface area contributed by atoms with E-state index in [9.17, 15) is 0 Å². The quantitative estimate of drug-likeness (QED) is 0.342. The Kier molecular flexibility index (Phi) is 2.64. The maximum Gasteiger partial charge on any atom is 0.101 e. The zero-order valence-electron chi connectivity index (χ0n) is 12.8. The molecule has 2 aromatic heterocycles. The minimum atomic E-state index is 1.27. The van der Waals surface area contributed by atoms with E-state index in [1.807, 2.05) is 11.3 Å². The van der Waals surface area contributed by atoms with E-state index in [4.69, 9.17) is 0 Å². The summed E-state index contributed by atoms with van der Waals surface area (Å²) in [6.07, 6.45) is 0. The standard InChI is InChI=1S/C21H15NS/c1-14-10-11-15-13-21(23-20(15)12-14)22-18-8-4-2-6-16(18)17-7-3-5-9-19(17)22/h2-13H,1H3. The van der Waals surface area contributed by atoms with Crippen molar-refractivity contribution in [3.63, 3.8) is 0 Å². The van der Waals surface area contributed by atoms with Crippen LogP contribution in [0.1, 0.15) is 5.56 Å². The Balaban J connectivity index is 1.93. The second-order valence-electron chi connectivity index (χ2n) is 6.00. The van der Waals surface area contributed by atoms with Crippen molar-refractivity contribution in [3.05, 3.63) is 78.4 Å². The molecule has 0 aliphatic carbocycles. The van der Waals surface area contributed by atoms with Crippen molar-refractivity contribution in [2.75, 3.05) is 0 Å². The van der Waals surface area contributed by atoms with Crippen molar-refractivity contribution in [2.45, 2.75) is 6.92 Å². The number of hydrogen-bond donors (Lipinski definition) is 0. The van der Waals surface area contributed by atoms with Crippen LogP contribution in [0.15, 0.2) is 72.8 Å². The molecule has 5 rings (SSSR count). The molecule has 23 heavy (non-hydrogen) atoms. The van der Waals surface area contributed by atoms with E-state index in [0.717, 1.165) is 0 Å². The second kappa shape index (κ2) is 4.71. The number of aromatic nitrogens is 1. The van der Waals surface area contributed by atoms with Gasteiger partial charge in [-0.1, -0.05) is 48.5 Å². The number of hydrogen-bond acceptors (Lipinski definition) is 1. The Morgan fingerprint density at radius 2 is 1.39 bits per heavy atom. The highest BCUT2D eigenvalue weighted by Crippen LogP contribution is 2.36. The lowest BCUT2D eigenvalue weighted by Gasteiger charge is -2.03. The Morgan fingerprint density at radius 3 is 2.09 bits per heavy atom. The first-order chi connectivity index (χ1) is 11.3. The van der Waals surface area contributed by atoms with Crippen molar-refractivity contribution in [1.29, 1.82) is 0 Å². The zero-order valence-corrected chi connectivity index (χ0v) is 13.6. The van der Waals surface area contributed by atoms with E-state index in [1.165, 1.54) is 42.5 Å². The fraction of sp³-hybridized carbons (Fsp3) is 0.0476. The van der Waals surface area contributed by atoms with Gasteiger partial charge in [-0.05, 0) is 42.1 Å². The molecule has 2 heteroatoms. The largest absolute Gasteiger partial charge is 0.301 e. The number of aryl methyl sites for hydroxylation is 1. The third-order valence-corrected chi connectivity index (χ3v) is 5.55. The van der Waals surface area contributed by atoms with Crippen LogP contribution in [0.5, 0.6) is 0 Å². The average Bonchev–Trinajstić information content (AvgIpc) is 3.12. The molecule has 0 saturated heterocycles. The van der Waals surface area contributed by atoms with Crippen molar-refractivity contribution < 1.29 is 0 Å². The molecule has 0 spiro atoms. The van der Waals surface area contributed by atoms with Crippen LogP contribution in [0.4, 0.5) is 0 Å². The summed E-state index contributed by atoms with van der Waals surface area (Å²) < 4.78 is 3.74. The molecular weight excluding hydrogens is 298 g/mol. The summed E-state index contributed by atoms with van der Waals surface area (Å²) in [5.41, 5.74) is 3.86. The summed E-state index contributed by atoms with van der Waals surface area (Å²) in [6, 6.07) is 26.3. The number of benzene rings is 3. The van der Waals surface area contributed by atoms with Crippen molar-refractivity contribution in [1.82, 2.24) is 4.57 Å². The smallest absolute Gasteiger partial charge is 0.101 e. The number of thiophene rings is 1. The van der Waals surface area contributed by atoms with Crippen LogP contribution in [0, 0.1) is 6.92 Å². The van der Waals surface area contributed by atoms with Gasteiger partial charge in [-0.15, -0.1) is 11.3 Å². The molecule has 0 bridgehead atoms. The predicted molar refractivity (Wildman–Crippen MR) is 101 cm³/mol. The first kappa shape index (κ1) is 12.9. The third-order valence-electron chi connectivity index (χ3n) is 4.46. The average molecular weight is 313 g/mol. The maximum absolute atomic E-state index is 2.39. The van der Waals surface area contributed by atoms with Crippen LogP contribution < -0.4 is 0 Å². The van der Waals surface area contributed by atoms with Gasteiger partial charge in [0.1, 0.15) is 5.00 Å². The van der Waals surface area contributed by atoms with Gasteiger partial charge in [-0.3, -0.25) is 0 Å². The molecule has 3 aromatic carbocycles. The highest BCUT2D eigenvalue weighted by molar-refractivity contribution is 7.21. The van der Waals surface area contributed by atoms with Crippen molar-refractivity contribution in [3.8, 4) is 5.00 Å². The monoisotopic (exact) mass is 313 g/mol. The van der Waals surface area contributed by atoms with Gasteiger partial charge in [-0.25, -0.2) is 0 Å². The van der Waals surface area contributed by atoms with E-state index >= 15 is 0 Å². The van der Waals surface area contributed by atoms with Gasteiger partial charge in [-0.2, -0.15) is 0 Å². The first-order valence-electron chi connectivity index (χ1n) is 7.80. The van der Waals surface area contributed by atoms with E-state index in [2.05, 4.69) is 84.3 Å². The van der Waals surface area contributed by atoms with Gasteiger partial charge >= 0.3 is 0 Å². The van der Waals surface area contributed by atoms with Crippen LogP contribution in [0.25, 0.3) is 36.9 Å². The minimum absolute atomic E-state index is 1.27. The Bertz CT molecular complexity index is 1120. The molecule has 0 N–H and O–H groups in total. The highest BCUT2D eigenvalue weighted by atomic mass is 32.1. The van der Waals surface area contributed by atoms with E-state index in [1.54, 1.807) is 0 Å². The van der Waals surface area contributed by atoms with Crippen molar-refractivity contribution in [2.24, 2.45) is 0 Å². The SMILES string of the molecule is Cc1ccc2cc(-n3c4ccccc4c4ccccc43)sc2c1. The molecule has 0 aliphatic heterocycles. The molecule has 2 heterocycles. The maximum atomic E-state index is 2.39. The van der Waals surface area contributed by atoms with Crippen LogP contribution in [0.3, 0.4) is 0 Å². The minimum Gasteiger partial charge on any atom is -0.301 e. The first-order valence-corrected chi connectivity index (χ1v) is 8.62. The van der Waals surface area contributed by atoms with Crippen LogP contribution in [-0.2, 0) is 0 Å². The van der Waals surface area contributed by atoms with E-state index in [-0.39, 0.29) is 0 Å². The Hall–Kier alpha value is -2.58. The molecule has 0 radical (unpaired) electrons. The highest BCUT2D eigenvalue weighted by Gasteiger charge is 2.13. The summed E-state index contributed by atoms with van der Waals surface area (Å²) in [7, 11) is 0. The van der Waals surface area contributed by atoms with Crippen LogP contribution in [0.2, 0.25) is 0 Å². The predicted octanol–water partition coefficient (Wildman–Crippen LogP) is 6.31. The van der Waals surface area contributed by atoms with Crippen LogP contribution in [-0.4, -0.2) is 4.57 Å². The van der Waals surface area contributed by atoms with Crippen molar-refractivity contribution >= 4 is 43.2 Å². The topological polar surface area (TPSA) is 4.93 Å². The van der Waals surface area contributed by atoms with Gasteiger partial charge in [0, 0.05) is 15.5 Å². The van der Waals surface area contributed by atoms with Crippen LogP contribution >= 0.6 is 11.3 Å². The number of rotatable bonds is 1. The number of nitrogens with zero attached hydrogens (tertiary/aromatic N) is 1. The lowest BCUT2D eigenvalue weighted by molar-refractivity contribution is 1.22. The fourth-order valence-electron chi connectivity index (χ4n) is 3.39. The van der Waals surface area contributed by atoms with Gasteiger partial charge in [0.15, 0.2) is 0 Å². The third kappa shape index (κ3) is 1.85. The van der Waals surface area contributed by atoms with E-state index in [0.29, 0.717) is 0 Å². The molecule has 5 aromatic rings. The molecule has 110 valence electrons.